The molecule has 3 amide bonds. The van der Waals surface area contributed by atoms with Crippen molar-refractivity contribution in [3.63, 3.8) is 0 Å². The highest BCUT2D eigenvalue weighted by Crippen LogP contribution is 2.32. The molecule has 1 N–H and O–H groups in total. The number of carbonyl (C=O) groups excluding carboxylic acids is 3. The maximum atomic E-state index is 12.5. The number of thiophene rings is 1. The number of nitrogens with zero attached hydrogens (tertiary/aromatic N) is 1. The predicted octanol–water partition coefficient (Wildman–Crippen LogP) is 3.15. The predicted molar refractivity (Wildman–Crippen MR) is 107 cm³/mol. The molecule has 1 aliphatic rings. The van der Waals surface area contributed by atoms with Crippen LogP contribution in [0.25, 0.3) is 6.08 Å². The zero-order valence-electron chi connectivity index (χ0n) is 14.6. The molecule has 2 aromatic rings. The molecule has 1 saturated heterocycles. The van der Waals surface area contributed by atoms with Crippen molar-refractivity contribution in [3.05, 3.63) is 57.1 Å². The van der Waals surface area contributed by atoms with Crippen molar-refractivity contribution in [2.45, 2.75) is 6.42 Å². The minimum atomic E-state index is -0.340. The number of hydrogen-bond donors (Lipinski definition) is 1. The molecule has 140 valence electrons. The van der Waals surface area contributed by atoms with Crippen molar-refractivity contribution in [3.8, 4) is 5.75 Å². The highest BCUT2D eigenvalue weighted by Gasteiger charge is 2.34. The van der Waals surface area contributed by atoms with E-state index in [0.717, 1.165) is 32.9 Å². The largest absolute Gasteiger partial charge is 0.497 e. The topological polar surface area (TPSA) is 75.7 Å². The summed E-state index contributed by atoms with van der Waals surface area (Å²) in [6.07, 6.45) is 1.98. The summed E-state index contributed by atoms with van der Waals surface area (Å²) >= 11 is 2.42. The van der Waals surface area contributed by atoms with E-state index in [1.807, 2.05) is 29.6 Å². The third-order valence-corrected chi connectivity index (χ3v) is 5.64. The van der Waals surface area contributed by atoms with Gasteiger partial charge in [0.25, 0.3) is 11.1 Å². The van der Waals surface area contributed by atoms with Gasteiger partial charge in [-0.1, -0.05) is 18.2 Å². The number of benzene rings is 1. The molecular formula is C19H18N2O4S2. The molecule has 8 heteroatoms. The first-order valence-corrected chi connectivity index (χ1v) is 9.95. The van der Waals surface area contributed by atoms with Gasteiger partial charge in [-0.25, -0.2) is 0 Å². The van der Waals surface area contributed by atoms with Crippen molar-refractivity contribution in [2.24, 2.45) is 0 Å². The van der Waals surface area contributed by atoms with Gasteiger partial charge in [-0.2, -0.15) is 0 Å². The number of rotatable bonds is 7. The van der Waals surface area contributed by atoms with Crippen LogP contribution in [0, 0.1) is 0 Å². The van der Waals surface area contributed by atoms with Crippen LogP contribution >= 0.6 is 23.1 Å². The van der Waals surface area contributed by atoms with Crippen LogP contribution in [0.4, 0.5) is 4.79 Å². The van der Waals surface area contributed by atoms with Gasteiger partial charge in [0.1, 0.15) is 5.75 Å². The third kappa shape index (κ3) is 4.99. The second-order valence-electron chi connectivity index (χ2n) is 5.71. The van der Waals surface area contributed by atoms with Crippen LogP contribution in [0.2, 0.25) is 0 Å². The summed E-state index contributed by atoms with van der Waals surface area (Å²) < 4.78 is 5.10. The molecule has 1 aliphatic heterocycles. The summed E-state index contributed by atoms with van der Waals surface area (Å²) in [5.41, 5.74) is 0.811. The van der Waals surface area contributed by atoms with E-state index in [0.29, 0.717) is 11.3 Å². The minimum Gasteiger partial charge on any atom is -0.497 e. The van der Waals surface area contributed by atoms with Crippen molar-refractivity contribution in [2.75, 3.05) is 20.2 Å². The van der Waals surface area contributed by atoms with E-state index in [1.54, 1.807) is 25.3 Å². The smallest absolute Gasteiger partial charge is 0.293 e. The zero-order valence-corrected chi connectivity index (χ0v) is 16.3. The molecule has 0 bridgehead atoms. The minimum absolute atomic E-state index is 0.127. The number of nitrogens with one attached hydrogen (secondary N) is 1. The Morgan fingerprint density at radius 3 is 2.67 bits per heavy atom. The van der Waals surface area contributed by atoms with Gasteiger partial charge < -0.3 is 10.1 Å². The van der Waals surface area contributed by atoms with Crippen LogP contribution in [0.3, 0.4) is 0 Å². The number of hydrogen-bond acceptors (Lipinski definition) is 6. The Labute approximate surface area is 165 Å². The summed E-state index contributed by atoms with van der Waals surface area (Å²) in [5.74, 6) is 0.255. The first-order chi connectivity index (χ1) is 13.1. The molecule has 0 unspecified atom stereocenters. The summed E-state index contributed by atoms with van der Waals surface area (Å²) in [6.45, 7) is 0.388. The average Bonchev–Trinajstić information content (AvgIpc) is 3.26. The molecule has 0 atom stereocenters. The van der Waals surface area contributed by atoms with Gasteiger partial charge >= 0.3 is 0 Å². The zero-order chi connectivity index (χ0) is 19.2. The van der Waals surface area contributed by atoms with Crippen LogP contribution in [0.5, 0.6) is 5.75 Å². The molecule has 1 aromatic carbocycles. The lowest BCUT2D eigenvalue weighted by atomic mass is 10.2. The second-order valence-corrected chi connectivity index (χ2v) is 7.74. The standard InChI is InChI=1S/C19H18N2O4S2/c1-25-14-6-4-13(5-7-14)11-16-18(23)21(19(24)27-16)9-8-20-17(22)12-15-3-2-10-26-15/h2-7,10-11H,8-9,12H2,1H3,(H,20,22)/b16-11-. The van der Waals surface area contributed by atoms with Crippen LogP contribution in [0.15, 0.2) is 46.7 Å². The lowest BCUT2D eigenvalue weighted by Gasteiger charge is -2.12. The fourth-order valence-electron chi connectivity index (χ4n) is 2.49. The Hall–Kier alpha value is -2.58. The number of ether oxygens (including phenoxy) is 1. The van der Waals surface area contributed by atoms with Gasteiger partial charge in [-0.15, -0.1) is 11.3 Å². The van der Waals surface area contributed by atoms with Gasteiger partial charge in [0, 0.05) is 18.0 Å². The van der Waals surface area contributed by atoms with E-state index in [4.69, 9.17) is 4.74 Å². The Kier molecular flexibility index (Phi) is 6.31. The maximum Gasteiger partial charge on any atom is 0.293 e. The average molecular weight is 402 g/mol. The molecule has 0 radical (unpaired) electrons. The number of thioether (sulfide) groups is 1. The molecule has 0 saturated carbocycles. The third-order valence-electron chi connectivity index (χ3n) is 3.86. The highest BCUT2D eigenvalue weighted by atomic mass is 32.2. The molecule has 0 aliphatic carbocycles. The lowest BCUT2D eigenvalue weighted by molar-refractivity contribution is -0.124. The summed E-state index contributed by atoms with van der Waals surface area (Å²) in [6, 6.07) is 11.0. The van der Waals surface area contributed by atoms with Crippen molar-refractivity contribution < 1.29 is 19.1 Å². The van der Waals surface area contributed by atoms with Crippen LogP contribution in [0.1, 0.15) is 10.4 Å². The molecule has 1 aromatic heterocycles. The first kappa shape index (κ1) is 19.2. The van der Waals surface area contributed by atoms with Gasteiger partial charge in [0.05, 0.1) is 18.4 Å². The number of amides is 3. The van der Waals surface area contributed by atoms with Gasteiger partial charge in [0.15, 0.2) is 0 Å². The Morgan fingerprint density at radius 2 is 2.00 bits per heavy atom. The van der Waals surface area contributed by atoms with Crippen molar-refractivity contribution in [1.29, 1.82) is 0 Å². The molecule has 27 heavy (non-hydrogen) atoms. The van der Waals surface area contributed by atoms with Crippen LogP contribution in [-0.2, 0) is 16.0 Å². The van der Waals surface area contributed by atoms with E-state index in [9.17, 15) is 14.4 Å². The van der Waals surface area contributed by atoms with Gasteiger partial charge in [-0.3, -0.25) is 19.3 Å². The summed E-state index contributed by atoms with van der Waals surface area (Å²) in [5, 5.41) is 4.33. The van der Waals surface area contributed by atoms with Crippen molar-refractivity contribution in [1.82, 2.24) is 10.2 Å². The fraction of sp³-hybridized carbons (Fsp3) is 0.211. The second kappa shape index (κ2) is 8.88. The summed E-state index contributed by atoms with van der Waals surface area (Å²) in [7, 11) is 1.58. The Bertz CT molecular complexity index is 860. The van der Waals surface area contributed by atoms with E-state index >= 15 is 0 Å². The van der Waals surface area contributed by atoms with E-state index < -0.39 is 0 Å². The van der Waals surface area contributed by atoms with Crippen LogP contribution < -0.4 is 10.1 Å². The molecule has 3 rings (SSSR count). The lowest BCUT2D eigenvalue weighted by Crippen LogP contribution is -2.37. The van der Waals surface area contributed by atoms with Crippen LogP contribution in [-0.4, -0.2) is 42.2 Å². The molecule has 2 heterocycles. The quantitative estimate of drug-likeness (QED) is 0.720. The first-order valence-electron chi connectivity index (χ1n) is 8.25. The Balaban J connectivity index is 1.54. The van der Waals surface area contributed by atoms with Gasteiger partial charge in [0.2, 0.25) is 5.91 Å². The van der Waals surface area contributed by atoms with Crippen molar-refractivity contribution >= 4 is 46.2 Å². The number of imide groups is 1. The highest BCUT2D eigenvalue weighted by molar-refractivity contribution is 8.18. The molecular weight excluding hydrogens is 384 g/mol. The molecule has 0 spiro atoms. The van der Waals surface area contributed by atoms with E-state index in [-0.39, 0.29) is 30.1 Å². The maximum absolute atomic E-state index is 12.5. The molecule has 6 nitrogen and oxygen atoms in total. The SMILES string of the molecule is COc1ccc(/C=C2\SC(=O)N(CCNC(=O)Cc3cccs3)C2=O)cc1. The number of carbonyl (C=O) groups is 3. The van der Waals surface area contributed by atoms with E-state index in [1.165, 1.54) is 11.3 Å². The van der Waals surface area contributed by atoms with E-state index in [2.05, 4.69) is 5.32 Å². The normalized spacial score (nSPS) is 15.4. The van der Waals surface area contributed by atoms with Gasteiger partial charge in [-0.05, 0) is 47.0 Å². The molecule has 1 fully saturated rings. The fourth-order valence-corrected chi connectivity index (χ4v) is 4.05. The monoisotopic (exact) mass is 402 g/mol. The number of methoxy groups -OCH3 is 1. The Morgan fingerprint density at radius 1 is 1.22 bits per heavy atom. The summed E-state index contributed by atoms with van der Waals surface area (Å²) in [4.78, 5) is 39.0.